The maximum Gasteiger partial charge on any atom is 0.241 e. The van der Waals surface area contributed by atoms with Crippen LogP contribution in [0.2, 0.25) is 0 Å². The monoisotopic (exact) mass is 424 g/mol. The molecule has 1 aromatic carbocycles. The molecule has 1 amide bonds. The van der Waals surface area contributed by atoms with Crippen molar-refractivity contribution in [3.05, 3.63) is 46.6 Å². The number of likely N-dealkylation sites (tertiary alicyclic amines) is 1. The van der Waals surface area contributed by atoms with Crippen molar-refractivity contribution < 1.29 is 4.79 Å². The largest absolute Gasteiger partial charge is 0.360 e. The van der Waals surface area contributed by atoms with Crippen LogP contribution in [0, 0.1) is 0 Å². The molecule has 3 heterocycles. The molecule has 0 atom stereocenters. The number of hydrogen-bond donors (Lipinski definition) is 1. The third kappa shape index (κ3) is 3.98. The third-order valence-electron chi connectivity index (χ3n) is 5.59. The van der Waals surface area contributed by atoms with Gasteiger partial charge in [-0.25, -0.2) is 9.97 Å². The van der Waals surface area contributed by atoms with Crippen LogP contribution in [0.5, 0.6) is 0 Å². The van der Waals surface area contributed by atoms with E-state index in [9.17, 15) is 4.79 Å². The summed E-state index contributed by atoms with van der Waals surface area (Å²) < 4.78 is 0. The Morgan fingerprint density at radius 2 is 1.93 bits per heavy atom. The smallest absolute Gasteiger partial charge is 0.241 e. The van der Waals surface area contributed by atoms with Crippen LogP contribution in [0.1, 0.15) is 35.5 Å². The van der Waals surface area contributed by atoms with Crippen molar-refractivity contribution in [2.24, 2.45) is 0 Å². The number of nitrogens with zero attached hydrogens (tertiary/aromatic N) is 3. The van der Waals surface area contributed by atoms with Crippen molar-refractivity contribution >= 4 is 45.0 Å². The fourth-order valence-corrected chi connectivity index (χ4v) is 6.19. The first-order valence-electron chi connectivity index (χ1n) is 10.3. The molecule has 2 aromatic heterocycles. The fourth-order valence-electron chi connectivity index (χ4n) is 4.13. The summed E-state index contributed by atoms with van der Waals surface area (Å²) in [6, 6.07) is 10.3. The molecule has 1 aliphatic carbocycles. The van der Waals surface area contributed by atoms with Gasteiger partial charge in [-0.3, -0.25) is 4.79 Å². The van der Waals surface area contributed by atoms with E-state index in [4.69, 9.17) is 9.97 Å². The number of nitrogens with one attached hydrogen (secondary N) is 1. The molecule has 0 saturated carbocycles. The molecule has 1 aliphatic heterocycles. The number of hydrogen-bond acceptors (Lipinski definition) is 6. The van der Waals surface area contributed by atoms with E-state index in [1.54, 1.807) is 23.1 Å². The van der Waals surface area contributed by atoms with Crippen LogP contribution in [-0.2, 0) is 23.4 Å². The first-order chi connectivity index (χ1) is 14.3. The van der Waals surface area contributed by atoms with Crippen molar-refractivity contribution in [2.75, 3.05) is 25.0 Å². The van der Waals surface area contributed by atoms with E-state index in [2.05, 4.69) is 17.4 Å². The Labute approximate surface area is 178 Å². The van der Waals surface area contributed by atoms with Gasteiger partial charge in [-0.2, -0.15) is 0 Å². The number of anilines is 1. The molecule has 0 bridgehead atoms. The van der Waals surface area contributed by atoms with Crippen LogP contribution in [0.25, 0.3) is 10.2 Å². The molecule has 1 fully saturated rings. The lowest BCUT2D eigenvalue weighted by molar-refractivity contribution is -0.128. The van der Waals surface area contributed by atoms with Gasteiger partial charge in [-0.1, -0.05) is 18.2 Å². The highest BCUT2D eigenvalue weighted by molar-refractivity contribution is 7.98. The van der Waals surface area contributed by atoms with Crippen LogP contribution in [0.15, 0.2) is 35.2 Å². The molecule has 0 unspecified atom stereocenters. The van der Waals surface area contributed by atoms with E-state index >= 15 is 0 Å². The van der Waals surface area contributed by atoms with E-state index in [-0.39, 0.29) is 5.91 Å². The summed E-state index contributed by atoms with van der Waals surface area (Å²) in [5.74, 6) is 2.55. The SMILES string of the molecule is O=C(CNc1nc(CSc2ccccc2)nc2sc3c(c12)CCC3)N1CCCC1. The lowest BCUT2D eigenvalue weighted by Crippen LogP contribution is -2.33. The number of carbonyl (C=O) groups excluding carboxylic acids is 1. The van der Waals surface area contributed by atoms with Crippen molar-refractivity contribution in [2.45, 2.75) is 42.8 Å². The summed E-state index contributed by atoms with van der Waals surface area (Å²) in [5, 5.41) is 4.52. The van der Waals surface area contributed by atoms with Gasteiger partial charge in [-0.05, 0) is 49.8 Å². The minimum absolute atomic E-state index is 0.168. The van der Waals surface area contributed by atoms with Gasteiger partial charge in [0.25, 0.3) is 0 Å². The van der Waals surface area contributed by atoms with Crippen LogP contribution >= 0.6 is 23.1 Å². The number of carbonyl (C=O) groups is 1. The summed E-state index contributed by atoms with van der Waals surface area (Å²) in [4.78, 5) is 27.9. The molecule has 0 radical (unpaired) electrons. The molecule has 7 heteroatoms. The predicted molar refractivity (Wildman–Crippen MR) is 120 cm³/mol. The van der Waals surface area contributed by atoms with Gasteiger partial charge in [0.05, 0.1) is 17.7 Å². The highest BCUT2D eigenvalue weighted by Gasteiger charge is 2.23. The van der Waals surface area contributed by atoms with E-state index in [0.717, 1.165) is 66.4 Å². The summed E-state index contributed by atoms with van der Waals surface area (Å²) in [7, 11) is 0. The number of thiophene rings is 1. The second kappa shape index (κ2) is 8.32. The van der Waals surface area contributed by atoms with Crippen LogP contribution < -0.4 is 5.32 Å². The molecule has 5 rings (SSSR count). The predicted octanol–water partition coefficient (Wildman–Crippen LogP) is 4.51. The number of rotatable bonds is 6. The van der Waals surface area contributed by atoms with Crippen LogP contribution in [0.4, 0.5) is 5.82 Å². The molecular weight excluding hydrogens is 400 g/mol. The van der Waals surface area contributed by atoms with Crippen LogP contribution in [-0.4, -0.2) is 40.4 Å². The topological polar surface area (TPSA) is 58.1 Å². The van der Waals surface area contributed by atoms with E-state index in [1.165, 1.54) is 21.8 Å². The Hall–Kier alpha value is -2.12. The Bertz CT molecular complexity index is 1030. The third-order valence-corrected chi connectivity index (χ3v) is 7.78. The van der Waals surface area contributed by atoms with Gasteiger partial charge >= 0.3 is 0 Å². The van der Waals surface area contributed by atoms with E-state index in [0.29, 0.717) is 6.54 Å². The lowest BCUT2D eigenvalue weighted by Gasteiger charge is -2.16. The average Bonchev–Trinajstić information content (AvgIpc) is 3.48. The lowest BCUT2D eigenvalue weighted by atomic mass is 10.2. The number of thioether (sulfide) groups is 1. The molecule has 1 saturated heterocycles. The normalized spacial score (nSPS) is 15.8. The summed E-state index contributed by atoms with van der Waals surface area (Å²) in [6.45, 7) is 2.07. The molecule has 3 aromatic rings. The zero-order chi connectivity index (χ0) is 19.6. The number of fused-ring (bicyclic) bond motifs is 3. The van der Waals surface area contributed by atoms with Crippen molar-refractivity contribution in [3.63, 3.8) is 0 Å². The molecular formula is C22H24N4OS2. The number of benzene rings is 1. The maximum atomic E-state index is 12.5. The summed E-state index contributed by atoms with van der Waals surface area (Å²) in [6.07, 6.45) is 5.65. The molecule has 2 aliphatic rings. The zero-order valence-electron chi connectivity index (χ0n) is 16.3. The molecule has 5 nitrogen and oxygen atoms in total. The first kappa shape index (κ1) is 18.9. The summed E-state index contributed by atoms with van der Waals surface area (Å²) >= 11 is 3.54. The highest BCUT2D eigenvalue weighted by Crippen LogP contribution is 2.40. The number of aromatic nitrogens is 2. The Kier molecular flexibility index (Phi) is 5.42. The van der Waals surface area contributed by atoms with Gasteiger partial charge in [0.2, 0.25) is 5.91 Å². The second-order valence-electron chi connectivity index (χ2n) is 7.57. The van der Waals surface area contributed by atoms with Gasteiger partial charge in [0.15, 0.2) is 0 Å². The second-order valence-corrected chi connectivity index (χ2v) is 9.70. The Morgan fingerprint density at radius 1 is 1.10 bits per heavy atom. The zero-order valence-corrected chi connectivity index (χ0v) is 18.0. The quantitative estimate of drug-likeness (QED) is 0.590. The Balaban J connectivity index is 1.40. The maximum absolute atomic E-state index is 12.5. The molecule has 29 heavy (non-hydrogen) atoms. The van der Waals surface area contributed by atoms with Crippen LogP contribution in [0.3, 0.4) is 0 Å². The van der Waals surface area contributed by atoms with Gasteiger partial charge in [-0.15, -0.1) is 23.1 Å². The number of aryl methyl sites for hydroxylation is 2. The van der Waals surface area contributed by atoms with Gasteiger partial charge < -0.3 is 10.2 Å². The van der Waals surface area contributed by atoms with Crippen molar-refractivity contribution in [1.82, 2.24) is 14.9 Å². The van der Waals surface area contributed by atoms with E-state index in [1.807, 2.05) is 23.1 Å². The van der Waals surface area contributed by atoms with Crippen molar-refractivity contribution in [3.8, 4) is 0 Å². The van der Waals surface area contributed by atoms with Gasteiger partial charge in [0.1, 0.15) is 16.5 Å². The minimum atomic E-state index is 0.168. The molecule has 0 spiro atoms. The first-order valence-corrected chi connectivity index (χ1v) is 12.1. The molecule has 150 valence electrons. The highest BCUT2D eigenvalue weighted by atomic mass is 32.2. The number of amides is 1. The summed E-state index contributed by atoms with van der Waals surface area (Å²) in [5.41, 5.74) is 1.39. The standard InChI is InChI=1S/C22H24N4OS2/c27-19(26-11-4-5-12-26)13-23-21-20-16-9-6-10-17(16)29-22(20)25-18(24-21)14-28-15-7-2-1-3-8-15/h1-3,7-8H,4-6,9-14H2,(H,23,24,25). The molecule has 1 N–H and O–H groups in total. The Morgan fingerprint density at radius 3 is 2.76 bits per heavy atom. The minimum Gasteiger partial charge on any atom is -0.360 e. The van der Waals surface area contributed by atoms with E-state index < -0.39 is 0 Å². The fraction of sp³-hybridized carbons (Fsp3) is 0.409. The average molecular weight is 425 g/mol. The van der Waals surface area contributed by atoms with Crippen molar-refractivity contribution in [1.29, 1.82) is 0 Å². The van der Waals surface area contributed by atoms with Gasteiger partial charge in [0, 0.05) is 22.9 Å².